The number of ether oxygens (including phenoxy) is 2. The summed E-state index contributed by atoms with van der Waals surface area (Å²) >= 11 is 1.26. The Labute approximate surface area is 126 Å². The molecule has 1 heterocycles. The molecule has 21 heavy (non-hydrogen) atoms. The van der Waals surface area contributed by atoms with Gasteiger partial charge >= 0.3 is 0 Å². The van der Waals surface area contributed by atoms with E-state index in [2.05, 4.69) is 11.4 Å². The number of para-hydroxylation sites is 1. The topological polar surface area (TPSA) is 71.3 Å². The van der Waals surface area contributed by atoms with Crippen molar-refractivity contribution in [2.24, 2.45) is 0 Å². The summed E-state index contributed by atoms with van der Waals surface area (Å²) in [4.78, 5) is 12.7. The number of nitriles is 1. The van der Waals surface area contributed by atoms with Crippen LogP contribution in [0.3, 0.4) is 0 Å². The summed E-state index contributed by atoms with van der Waals surface area (Å²) < 4.78 is 10.3. The third-order valence-electron chi connectivity index (χ3n) is 2.91. The van der Waals surface area contributed by atoms with Crippen molar-refractivity contribution in [1.29, 1.82) is 5.26 Å². The zero-order chi connectivity index (χ0) is 15.2. The maximum absolute atomic E-state index is 12.3. The second-order valence-corrected chi connectivity index (χ2v) is 5.01. The molecular formula is C15H14N2O3S. The molecular weight excluding hydrogens is 288 g/mol. The van der Waals surface area contributed by atoms with Gasteiger partial charge < -0.3 is 14.8 Å². The van der Waals surface area contributed by atoms with Crippen molar-refractivity contribution in [2.75, 3.05) is 14.2 Å². The van der Waals surface area contributed by atoms with E-state index in [0.29, 0.717) is 21.9 Å². The fourth-order valence-corrected chi connectivity index (χ4v) is 2.67. The minimum absolute atomic E-state index is 0.348. The lowest BCUT2D eigenvalue weighted by Gasteiger charge is -2.15. The van der Waals surface area contributed by atoms with Gasteiger partial charge in [-0.15, -0.1) is 11.3 Å². The van der Waals surface area contributed by atoms with E-state index in [0.717, 1.165) is 0 Å². The van der Waals surface area contributed by atoms with Gasteiger partial charge in [0.15, 0.2) is 0 Å². The molecule has 0 aliphatic rings. The molecule has 2 aromatic rings. The molecule has 1 N–H and O–H groups in total. The number of carbonyl (C=O) groups is 1. The Morgan fingerprint density at radius 3 is 2.62 bits per heavy atom. The Morgan fingerprint density at radius 2 is 1.95 bits per heavy atom. The normalized spacial score (nSPS) is 11.3. The third kappa shape index (κ3) is 3.15. The first kappa shape index (κ1) is 14.9. The SMILES string of the molecule is COc1ccccc1[C@@H](C#N)NC(=O)c1sccc1OC. The largest absolute Gasteiger partial charge is 0.496 e. The van der Waals surface area contributed by atoms with Gasteiger partial charge in [0.1, 0.15) is 22.4 Å². The number of thiophene rings is 1. The zero-order valence-corrected chi connectivity index (χ0v) is 12.4. The first-order valence-corrected chi connectivity index (χ1v) is 7.04. The minimum Gasteiger partial charge on any atom is -0.496 e. The predicted molar refractivity (Wildman–Crippen MR) is 79.7 cm³/mol. The lowest BCUT2D eigenvalue weighted by molar-refractivity contribution is 0.0946. The van der Waals surface area contributed by atoms with Crippen molar-refractivity contribution in [1.82, 2.24) is 5.32 Å². The van der Waals surface area contributed by atoms with Gasteiger partial charge in [-0.25, -0.2) is 0 Å². The molecule has 0 radical (unpaired) electrons. The highest BCUT2D eigenvalue weighted by Gasteiger charge is 2.21. The van der Waals surface area contributed by atoms with Gasteiger partial charge in [0.25, 0.3) is 5.91 Å². The minimum atomic E-state index is -0.791. The predicted octanol–water partition coefficient (Wildman–Crippen LogP) is 2.76. The Hall–Kier alpha value is -2.52. The van der Waals surface area contributed by atoms with Crippen LogP contribution in [0.2, 0.25) is 0 Å². The van der Waals surface area contributed by atoms with Gasteiger partial charge in [-0.3, -0.25) is 4.79 Å². The zero-order valence-electron chi connectivity index (χ0n) is 11.6. The van der Waals surface area contributed by atoms with E-state index in [-0.39, 0.29) is 5.91 Å². The van der Waals surface area contributed by atoms with E-state index in [1.165, 1.54) is 25.6 Å². The molecule has 108 valence electrons. The number of methoxy groups -OCH3 is 2. The van der Waals surface area contributed by atoms with Crippen LogP contribution in [-0.2, 0) is 0 Å². The number of hydrogen-bond donors (Lipinski definition) is 1. The summed E-state index contributed by atoms with van der Waals surface area (Å²) in [6, 6.07) is 10.1. The molecule has 0 saturated carbocycles. The van der Waals surface area contributed by atoms with Crippen LogP contribution in [0.15, 0.2) is 35.7 Å². The molecule has 0 bridgehead atoms. The molecule has 1 atom stereocenters. The molecule has 0 fully saturated rings. The Bertz CT molecular complexity index is 676. The standard InChI is InChI=1S/C15H14N2O3S/c1-19-12-6-4-3-5-10(12)11(9-16)17-15(18)14-13(20-2)7-8-21-14/h3-8,11H,1-2H3,(H,17,18)/t11-/m1/s1. The smallest absolute Gasteiger partial charge is 0.266 e. The van der Waals surface area contributed by atoms with Crippen LogP contribution < -0.4 is 14.8 Å². The first-order valence-electron chi connectivity index (χ1n) is 6.16. The number of benzene rings is 1. The summed E-state index contributed by atoms with van der Waals surface area (Å²) in [5.41, 5.74) is 0.617. The molecule has 1 aromatic carbocycles. The van der Waals surface area contributed by atoms with Crippen LogP contribution >= 0.6 is 11.3 Å². The molecule has 0 unspecified atom stereocenters. The fourth-order valence-electron chi connectivity index (χ4n) is 1.90. The molecule has 6 heteroatoms. The highest BCUT2D eigenvalue weighted by molar-refractivity contribution is 7.12. The average molecular weight is 302 g/mol. The summed E-state index contributed by atoms with van der Waals surface area (Å²) in [6.07, 6.45) is 0. The van der Waals surface area contributed by atoms with Crippen molar-refractivity contribution < 1.29 is 14.3 Å². The van der Waals surface area contributed by atoms with E-state index in [4.69, 9.17) is 9.47 Å². The third-order valence-corrected chi connectivity index (χ3v) is 3.80. The highest BCUT2D eigenvalue weighted by atomic mass is 32.1. The van der Waals surface area contributed by atoms with E-state index < -0.39 is 6.04 Å². The summed E-state index contributed by atoms with van der Waals surface area (Å²) in [5.74, 6) is 0.705. The maximum Gasteiger partial charge on any atom is 0.266 e. The second kappa shape index (κ2) is 6.77. The summed E-state index contributed by atoms with van der Waals surface area (Å²) in [7, 11) is 3.03. The summed E-state index contributed by atoms with van der Waals surface area (Å²) in [5, 5.41) is 13.8. The van der Waals surface area contributed by atoms with Crippen LogP contribution in [-0.4, -0.2) is 20.1 Å². The molecule has 0 saturated heterocycles. The van der Waals surface area contributed by atoms with Crippen LogP contribution in [0.25, 0.3) is 0 Å². The lowest BCUT2D eigenvalue weighted by Crippen LogP contribution is -2.27. The molecule has 1 aromatic heterocycles. The van der Waals surface area contributed by atoms with Gasteiger partial charge in [-0.1, -0.05) is 18.2 Å². The van der Waals surface area contributed by atoms with E-state index in [1.807, 2.05) is 0 Å². The van der Waals surface area contributed by atoms with Crippen LogP contribution in [0, 0.1) is 11.3 Å². The fraction of sp³-hybridized carbons (Fsp3) is 0.200. The van der Waals surface area contributed by atoms with Crippen LogP contribution in [0.5, 0.6) is 11.5 Å². The average Bonchev–Trinajstić information content (AvgIpc) is 3.01. The quantitative estimate of drug-likeness (QED) is 0.922. The molecule has 0 aliphatic heterocycles. The van der Waals surface area contributed by atoms with Gasteiger partial charge in [-0.05, 0) is 17.5 Å². The second-order valence-electron chi connectivity index (χ2n) is 4.10. The molecule has 2 rings (SSSR count). The highest BCUT2D eigenvalue weighted by Crippen LogP contribution is 2.27. The number of hydrogen-bond acceptors (Lipinski definition) is 5. The van der Waals surface area contributed by atoms with E-state index in [1.54, 1.807) is 35.7 Å². The number of nitrogens with one attached hydrogen (secondary N) is 1. The number of nitrogens with zero attached hydrogens (tertiary/aromatic N) is 1. The monoisotopic (exact) mass is 302 g/mol. The maximum atomic E-state index is 12.3. The van der Waals surface area contributed by atoms with Crippen molar-refractivity contribution in [3.05, 3.63) is 46.2 Å². The Kier molecular flexibility index (Phi) is 4.80. The van der Waals surface area contributed by atoms with Gasteiger partial charge in [0.2, 0.25) is 0 Å². The molecule has 1 amide bonds. The van der Waals surface area contributed by atoms with Crippen molar-refractivity contribution in [3.63, 3.8) is 0 Å². The Balaban J connectivity index is 2.24. The molecule has 0 aliphatic carbocycles. The van der Waals surface area contributed by atoms with Gasteiger partial charge in [0, 0.05) is 5.56 Å². The van der Waals surface area contributed by atoms with Crippen LogP contribution in [0.1, 0.15) is 21.3 Å². The van der Waals surface area contributed by atoms with Crippen molar-refractivity contribution in [2.45, 2.75) is 6.04 Å². The molecule has 0 spiro atoms. The Morgan fingerprint density at radius 1 is 1.24 bits per heavy atom. The summed E-state index contributed by atoms with van der Waals surface area (Å²) in [6.45, 7) is 0. The lowest BCUT2D eigenvalue weighted by atomic mass is 10.1. The van der Waals surface area contributed by atoms with Crippen molar-refractivity contribution in [3.8, 4) is 17.6 Å². The van der Waals surface area contributed by atoms with Gasteiger partial charge in [-0.2, -0.15) is 5.26 Å². The number of rotatable bonds is 5. The van der Waals surface area contributed by atoms with Crippen molar-refractivity contribution >= 4 is 17.2 Å². The number of carbonyl (C=O) groups excluding carboxylic acids is 1. The van der Waals surface area contributed by atoms with E-state index >= 15 is 0 Å². The number of amides is 1. The molecule has 5 nitrogen and oxygen atoms in total. The van der Waals surface area contributed by atoms with E-state index in [9.17, 15) is 10.1 Å². The van der Waals surface area contributed by atoms with Crippen LogP contribution in [0.4, 0.5) is 0 Å². The first-order chi connectivity index (χ1) is 10.2. The van der Waals surface area contributed by atoms with Gasteiger partial charge in [0.05, 0.1) is 20.3 Å².